The summed E-state index contributed by atoms with van der Waals surface area (Å²) in [5, 5.41) is 0.502. The zero-order valence-corrected chi connectivity index (χ0v) is 17.3. The normalized spacial score (nSPS) is 15.9. The molecule has 0 unspecified atom stereocenters. The lowest BCUT2D eigenvalue weighted by molar-refractivity contribution is -0.131. The van der Waals surface area contributed by atoms with Gasteiger partial charge in [0.05, 0.1) is 24.7 Å². The van der Waals surface area contributed by atoms with E-state index in [9.17, 15) is 4.79 Å². The third-order valence-corrected chi connectivity index (χ3v) is 5.54. The Hall–Kier alpha value is -1.72. The number of carbonyl (C=O) groups excluding carboxylic acids is 1. The molecule has 4 nitrogen and oxygen atoms in total. The summed E-state index contributed by atoms with van der Waals surface area (Å²) in [6.45, 7) is 1.81. The Morgan fingerprint density at radius 2 is 1.96 bits per heavy atom. The molecule has 2 aromatic carbocycles. The second kappa shape index (κ2) is 8.11. The topological polar surface area (TPSA) is 38.8 Å². The van der Waals surface area contributed by atoms with Crippen LogP contribution in [0.4, 0.5) is 0 Å². The van der Waals surface area contributed by atoms with Gasteiger partial charge in [-0.2, -0.15) is 0 Å². The number of hydrogen-bond acceptors (Lipinski definition) is 3. The Bertz CT molecular complexity index is 853. The lowest BCUT2D eigenvalue weighted by atomic mass is 10.1. The molecular weight excluding hydrogens is 430 g/mol. The summed E-state index contributed by atoms with van der Waals surface area (Å²) in [7, 11) is 0. The van der Waals surface area contributed by atoms with E-state index in [1.807, 2.05) is 29.2 Å². The largest absolute Gasteiger partial charge is 0.489 e. The van der Waals surface area contributed by atoms with Gasteiger partial charge in [0, 0.05) is 23.5 Å². The first-order valence-corrected chi connectivity index (χ1v) is 10.4. The number of fused-ring (bicyclic) bond motifs is 1. The van der Waals surface area contributed by atoms with Gasteiger partial charge in [0.15, 0.2) is 11.5 Å². The van der Waals surface area contributed by atoms with E-state index in [4.69, 9.17) is 21.1 Å². The summed E-state index contributed by atoms with van der Waals surface area (Å²) < 4.78 is 12.4. The quantitative estimate of drug-likeness (QED) is 0.643. The number of rotatable bonds is 5. The predicted molar refractivity (Wildman–Crippen MR) is 108 cm³/mol. The minimum absolute atomic E-state index is 0.114. The van der Waals surface area contributed by atoms with Gasteiger partial charge in [0.1, 0.15) is 0 Å². The highest BCUT2D eigenvalue weighted by atomic mass is 79.9. The van der Waals surface area contributed by atoms with Gasteiger partial charge in [-0.3, -0.25) is 4.79 Å². The van der Waals surface area contributed by atoms with Crippen molar-refractivity contribution < 1.29 is 14.3 Å². The average molecular weight is 451 g/mol. The maximum absolute atomic E-state index is 13.0. The van der Waals surface area contributed by atoms with E-state index < -0.39 is 0 Å². The first kappa shape index (κ1) is 18.6. The fourth-order valence-corrected chi connectivity index (χ4v) is 4.04. The predicted octanol–water partition coefficient (Wildman–Crippen LogP) is 5.00. The van der Waals surface area contributed by atoms with Crippen LogP contribution in [0.15, 0.2) is 40.9 Å². The van der Waals surface area contributed by atoms with Crippen molar-refractivity contribution >= 4 is 33.4 Å². The Morgan fingerprint density at radius 3 is 2.74 bits per heavy atom. The first-order chi connectivity index (χ1) is 13.1. The molecule has 142 valence electrons. The molecule has 1 saturated carbocycles. The number of hydrogen-bond donors (Lipinski definition) is 0. The highest BCUT2D eigenvalue weighted by molar-refractivity contribution is 9.10. The van der Waals surface area contributed by atoms with Gasteiger partial charge in [0.25, 0.3) is 0 Å². The number of nitrogens with zero attached hydrogens (tertiary/aromatic N) is 1. The van der Waals surface area contributed by atoms with Gasteiger partial charge in [-0.15, -0.1) is 0 Å². The molecule has 2 aromatic rings. The summed E-state index contributed by atoms with van der Waals surface area (Å²) in [5.41, 5.74) is 1.98. The lowest BCUT2D eigenvalue weighted by Crippen LogP contribution is -2.33. The molecule has 0 saturated heterocycles. The second-order valence-electron chi connectivity index (χ2n) is 7.01. The number of ether oxygens (including phenoxy) is 2. The molecule has 0 radical (unpaired) electrons. The molecule has 1 aliphatic carbocycles. The van der Waals surface area contributed by atoms with Gasteiger partial charge in [-0.1, -0.05) is 39.7 Å². The van der Waals surface area contributed by atoms with Crippen LogP contribution in [0.1, 0.15) is 30.4 Å². The van der Waals surface area contributed by atoms with Crippen LogP contribution in [0.25, 0.3) is 0 Å². The Kier molecular flexibility index (Phi) is 5.60. The van der Waals surface area contributed by atoms with Crippen molar-refractivity contribution in [3.63, 3.8) is 0 Å². The minimum Gasteiger partial charge on any atom is -0.489 e. The monoisotopic (exact) mass is 449 g/mol. The molecule has 0 spiro atoms. The highest BCUT2D eigenvalue weighted by Crippen LogP contribution is 2.38. The molecular formula is C21H21BrClNO3. The van der Waals surface area contributed by atoms with E-state index in [2.05, 4.69) is 28.1 Å². The number of amides is 1. The van der Waals surface area contributed by atoms with Gasteiger partial charge >= 0.3 is 0 Å². The molecule has 0 atom stereocenters. The standard InChI is InChI=1S/C21H21BrClNO3/c22-16-4-1-3-14(9-16)13-24(17-5-6-17)20(25)12-15-10-18(23)21-19(11-15)26-7-2-8-27-21/h1,3-4,9-11,17H,2,5-8,12-13H2. The zero-order valence-electron chi connectivity index (χ0n) is 14.9. The maximum atomic E-state index is 13.0. The molecule has 0 aromatic heterocycles. The molecule has 0 N–H and O–H groups in total. The Morgan fingerprint density at radius 1 is 1.15 bits per heavy atom. The van der Waals surface area contributed by atoms with Crippen molar-refractivity contribution in [1.29, 1.82) is 0 Å². The van der Waals surface area contributed by atoms with Crippen molar-refractivity contribution in [2.75, 3.05) is 13.2 Å². The van der Waals surface area contributed by atoms with E-state index in [-0.39, 0.29) is 5.91 Å². The molecule has 4 rings (SSSR count). The van der Waals surface area contributed by atoms with E-state index in [0.717, 1.165) is 34.9 Å². The van der Waals surface area contributed by atoms with Crippen LogP contribution >= 0.6 is 27.5 Å². The minimum atomic E-state index is 0.114. The van der Waals surface area contributed by atoms with Gasteiger partial charge in [-0.05, 0) is 48.2 Å². The molecule has 27 heavy (non-hydrogen) atoms. The average Bonchev–Trinajstić information content (AvgIpc) is 3.47. The Balaban J connectivity index is 1.51. The van der Waals surface area contributed by atoms with Crippen LogP contribution in [0.2, 0.25) is 5.02 Å². The third-order valence-electron chi connectivity index (χ3n) is 4.77. The molecule has 2 aliphatic rings. The van der Waals surface area contributed by atoms with E-state index in [1.54, 1.807) is 0 Å². The summed E-state index contributed by atoms with van der Waals surface area (Å²) in [4.78, 5) is 15.0. The van der Waals surface area contributed by atoms with Crippen LogP contribution in [0, 0.1) is 0 Å². The number of halogens is 2. The molecule has 6 heteroatoms. The van der Waals surface area contributed by atoms with Crippen LogP contribution < -0.4 is 9.47 Å². The van der Waals surface area contributed by atoms with Gasteiger partial charge in [0.2, 0.25) is 5.91 Å². The summed E-state index contributed by atoms with van der Waals surface area (Å²) in [5.74, 6) is 1.33. The number of benzene rings is 2. The van der Waals surface area contributed by atoms with E-state index in [0.29, 0.717) is 48.7 Å². The van der Waals surface area contributed by atoms with Crippen molar-refractivity contribution in [2.45, 2.75) is 38.3 Å². The van der Waals surface area contributed by atoms with Crippen LogP contribution in [-0.4, -0.2) is 30.1 Å². The van der Waals surface area contributed by atoms with Gasteiger partial charge in [-0.25, -0.2) is 0 Å². The fourth-order valence-electron chi connectivity index (χ4n) is 3.30. The molecule has 1 amide bonds. The maximum Gasteiger partial charge on any atom is 0.227 e. The molecule has 1 fully saturated rings. The van der Waals surface area contributed by atoms with Crippen molar-refractivity contribution in [3.8, 4) is 11.5 Å². The van der Waals surface area contributed by atoms with Crippen LogP contribution in [0.5, 0.6) is 11.5 Å². The van der Waals surface area contributed by atoms with Crippen LogP contribution in [-0.2, 0) is 17.8 Å². The number of carbonyl (C=O) groups is 1. The third kappa shape index (κ3) is 4.58. The zero-order chi connectivity index (χ0) is 18.8. The lowest BCUT2D eigenvalue weighted by Gasteiger charge is -2.23. The summed E-state index contributed by atoms with van der Waals surface area (Å²) in [6, 6.07) is 12.1. The highest BCUT2D eigenvalue weighted by Gasteiger charge is 2.32. The first-order valence-electron chi connectivity index (χ1n) is 9.22. The van der Waals surface area contributed by atoms with Crippen LogP contribution in [0.3, 0.4) is 0 Å². The van der Waals surface area contributed by atoms with Crippen molar-refractivity contribution in [1.82, 2.24) is 4.90 Å². The molecule has 1 aliphatic heterocycles. The van der Waals surface area contributed by atoms with Crippen molar-refractivity contribution in [2.24, 2.45) is 0 Å². The van der Waals surface area contributed by atoms with Crippen molar-refractivity contribution in [3.05, 3.63) is 57.0 Å². The van der Waals surface area contributed by atoms with E-state index in [1.165, 1.54) is 0 Å². The summed E-state index contributed by atoms with van der Waals surface area (Å²) in [6.07, 6.45) is 3.27. The Labute approximate surface area is 172 Å². The smallest absolute Gasteiger partial charge is 0.227 e. The van der Waals surface area contributed by atoms with Gasteiger partial charge < -0.3 is 14.4 Å². The SMILES string of the molecule is O=C(Cc1cc(Cl)c2c(c1)OCCCO2)N(Cc1cccc(Br)c1)C1CC1. The second-order valence-corrected chi connectivity index (χ2v) is 8.34. The van der Waals surface area contributed by atoms with E-state index >= 15 is 0 Å². The fraction of sp³-hybridized carbons (Fsp3) is 0.381. The summed E-state index contributed by atoms with van der Waals surface area (Å²) >= 11 is 9.87. The molecule has 1 heterocycles. The molecule has 0 bridgehead atoms.